The van der Waals surface area contributed by atoms with Crippen LogP contribution in [0.5, 0.6) is 11.5 Å². The van der Waals surface area contributed by atoms with Gasteiger partial charge in [0.2, 0.25) is 0 Å². The van der Waals surface area contributed by atoms with Gasteiger partial charge in [0.05, 0.1) is 18.7 Å². The van der Waals surface area contributed by atoms with Crippen LogP contribution >= 0.6 is 11.6 Å². The maximum absolute atomic E-state index is 10.2. The molecule has 0 aliphatic rings. The van der Waals surface area contributed by atoms with E-state index in [4.69, 9.17) is 16.3 Å². The van der Waals surface area contributed by atoms with Gasteiger partial charge in [0.25, 0.3) is 0 Å². The molecular formula is C13H19ClO3. The van der Waals surface area contributed by atoms with E-state index in [1.54, 1.807) is 6.92 Å². The molecule has 0 fully saturated rings. The van der Waals surface area contributed by atoms with E-state index < -0.39 is 5.41 Å². The van der Waals surface area contributed by atoms with E-state index in [1.165, 1.54) is 7.11 Å². The van der Waals surface area contributed by atoms with Gasteiger partial charge in [-0.25, -0.2) is 0 Å². The van der Waals surface area contributed by atoms with Crippen LogP contribution in [0.1, 0.15) is 30.5 Å². The predicted octanol–water partition coefficient (Wildman–Crippen LogP) is 2.94. The average Bonchev–Trinajstić information content (AvgIpc) is 2.27. The lowest BCUT2D eigenvalue weighted by Crippen LogP contribution is -2.24. The zero-order valence-electron chi connectivity index (χ0n) is 10.9. The van der Waals surface area contributed by atoms with E-state index in [9.17, 15) is 10.2 Å². The molecule has 1 aromatic carbocycles. The van der Waals surface area contributed by atoms with Gasteiger partial charge in [0.1, 0.15) is 0 Å². The van der Waals surface area contributed by atoms with Crippen molar-refractivity contribution >= 4 is 11.6 Å². The third kappa shape index (κ3) is 2.22. The predicted molar refractivity (Wildman–Crippen MR) is 69.3 cm³/mol. The first kappa shape index (κ1) is 14.1. The largest absolute Gasteiger partial charge is 0.504 e. The Kier molecular flexibility index (Phi) is 3.95. The zero-order valence-corrected chi connectivity index (χ0v) is 11.6. The van der Waals surface area contributed by atoms with E-state index in [0.717, 1.165) is 5.56 Å². The van der Waals surface area contributed by atoms with Gasteiger partial charge in [-0.2, -0.15) is 0 Å². The van der Waals surface area contributed by atoms with Crippen molar-refractivity contribution < 1.29 is 14.9 Å². The number of phenolic OH excluding ortho intramolecular Hbond substituents is 1. The maximum Gasteiger partial charge on any atom is 0.165 e. The molecule has 0 saturated heterocycles. The number of phenols is 1. The molecule has 17 heavy (non-hydrogen) atoms. The summed E-state index contributed by atoms with van der Waals surface area (Å²) in [6.45, 7) is 7.25. The van der Waals surface area contributed by atoms with Gasteiger partial charge in [0, 0.05) is 16.5 Å². The highest BCUT2D eigenvalue weighted by Crippen LogP contribution is 2.45. The molecule has 0 aliphatic heterocycles. The number of halogens is 1. The minimum atomic E-state index is -0.571. The van der Waals surface area contributed by atoms with Crippen LogP contribution in [0.3, 0.4) is 0 Å². The average molecular weight is 259 g/mol. The summed E-state index contributed by atoms with van der Waals surface area (Å²) in [7, 11) is 1.49. The summed E-state index contributed by atoms with van der Waals surface area (Å²) in [5, 5.41) is 20.2. The van der Waals surface area contributed by atoms with Gasteiger partial charge < -0.3 is 14.9 Å². The van der Waals surface area contributed by atoms with Gasteiger partial charge >= 0.3 is 0 Å². The van der Waals surface area contributed by atoms with Crippen LogP contribution < -0.4 is 4.74 Å². The Hall–Kier alpha value is -0.930. The van der Waals surface area contributed by atoms with E-state index >= 15 is 0 Å². The van der Waals surface area contributed by atoms with Crippen LogP contribution in [0.25, 0.3) is 0 Å². The highest BCUT2D eigenvalue weighted by atomic mass is 35.5. The second-order valence-electron chi connectivity index (χ2n) is 4.86. The molecule has 96 valence electrons. The normalized spacial score (nSPS) is 11.7. The van der Waals surface area contributed by atoms with Crippen LogP contribution in [-0.2, 0) is 5.41 Å². The summed E-state index contributed by atoms with van der Waals surface area (Å²) in [6, 6.07) is 0. The minimum absolute atomic E-state index is 0.0611. The number of aliphatic hydroxyl groups excluding tert-OH is 1. The van der Waals surface area contributed by atoms with E-state index in [1.807, 2.05) is 20.8 Å². The van der Waals surface area contributed by atoms with Crippen LogP contribution in [0.4, 0.5) is 0 Å². The number of benzene rings is 1. The summed E-state index contributed by atoms with van der Waals surface area (Å²) in [5.74, 6) is 0.433. The third-order valence-corrected chi connectivity index (χ3v) is 3.67. The first-order valence-electron chi connectivity index (χ1n) is 5.44. The van der Waals surface area contributed by atoms with E-state index in [2.05, 4.69) is 0 Å². The number of aliphatic hydroxyl groups is 1. The van der Waals surface area contributed by atoms with Gasteiger partial charge in [-0.1, -0.05) is 25.4 Å². The minimum Gasteiger partial charge on any atom is -0.504 e. The molecule has 1 aromatic rings. The summed E-state index contributed by atoms with van der Waals surface area (Å²) in [6.07, 6.45) is 0. The third-order valence-electron chi connectivity index (χ3n) is 3.10. The van der Waals surface area contributed by atoms with Gasteiger partial charge in [0.15, 0.2) is 11.5 Å². The van der Waals surface area contributed by atoms with Crippen LogP contribution in [0.15, 0.2) is 0 Å². The molecule has 2 N–H and O–H groups in total. The van der Waals surface area contributed by atoms with Crippen molar-refractivity contribution in [1.29, 1.82) is 0 Å². The topological polar surface area (TPSA) is 49.7 Å². The smallest absolute Gasteiger partial charge is 0.165 e. The fourth-order valence-corrected chi connectivity index (χ4v) is 2.30. The maximum atomic E-state index is 10.2. The summed E-state index contributed by atoms with van der Waals surface area (Å²) in [4.78, 5) is 0. The Morgan fingerprint density at radius 3 is 2.18 bits per heavy atom. The summed E-state index contributed by atoms with van der Waals surface area (Å²) < 4.78 is 5.18. The molecule has 0 saturated carbocycles. The lowest BCUT2D eigenvalue weighted by molar-refractivity contribution is 0.213. The van der Waals surface area contributed by atoms with Gasteiger partial charge in [-0.15, -0.1) is 0 Å². The first-order valence-corrected chi connectivity index (χ1v) is 5.82. The molecule has 0 radical (unpaired) electrons. The molecule has 3 nitrogen and oxygen atoms in total. The Labute approximate surface area is 107 Å². The fourth-order valence-electron chi connectivity index (χ4n) is 2.12. The molecule has 0 spiro atoms. The molecule has 0 heterocycles. The van der Waals surface area contributed by atoms with Crippen molar-refractivity contribution in [2.75, 3.05) is 13.7 Å². The molecule has 0 bridgehead atoms. The molecule has 0 aromatic heterocycles. The van der Waals surface area contributed by atoms with E-state index in [-0.39, 0.29) is 12.4 Å². The Bertz CT molecular complexity index is 439. The zero-order chi connectivity index (χ0) is 13.4. The lowest BCUT2D eigenvalue weighted by Gasteiger charge is -2.28. The summed E-state index contributed by atoms with van der Waals surface area (Å²) >= 11 is 6.23. The van der Waals surface area contributed by atoms with Crippen molar-refractivity contribution in [3.63, 3.8) is 0 Å². The molecule has 0 atom stereocenters. The number of rotatable bonds is 3. The standard InChI is InChI=1S/C13H19ClO3/c1-7-9(13(3,4)6-15)11(16)12(17-5)8(2)10(7)14/h15-16H,6H2,1-5H3. The Balaban J connectivity index is 3.67. The van der Waals surface area contributed by atoms with Gasteiger partial charge in [-0.05, 0) is 19.4 Å². The van der Waals surface area contributed by atoms with E-state index in [0.29, 0.717) is 21.9 Å². The monoisotopic (exact) mass is 258 g/mol. The van der Waals surface area contributed by atoms with Crippen molar-refractivity contribution in [2.24, 2.45) is 0 Å². The van der Waals surface area contributed by atoms with Crippen molar-refractivity contribution in [2.45, 2.75) is 33.1 Å². The molecule has 1 rings (SSSR count). The molecule has 0 unspecified atom stereocenters. The summed E-state index contributed by atoms with van der Waals surface area (Å²) in [5.41, 5.74) is 1.55. The Morgan fingerprint density at radius 1 is 1.24 bits per heavy atom. The fraction of sp³-hybridized carbons (Fsp3) is 0.538. The molecule has 0 amide bonds. The SMILES string of the molecule is COc1c(C)c(Cl)c(C)c(C(C)(C)CO)c1O. The van der Waals surface area contributed by atoms with Crippen molar-refractivity contribution in [1.82, 2.24) is 0 Å². The molecular weight excluding hydrogens is 240 g/mol. The van der Waals surface area contributed by atoms with Crippen LogP contribution in [-0.4, -0.2) is 23.9 Å². The molecule has 4 heteroatoms. The second kappa shape index (κ2) is 4.75. The number of hydrogen-bond donors (Lipinski definition) is 2. The number of ether oxygens (including phenoxy) is 1. The van der Waals surface area contributed by atoms with Gasteiger partial charge in [-0.3, -0.25) is 0 Å². The quantitative estimate of drug-likeness (QED) is 0.876. The lowest BCUT2D eigenvalue weighted by atomic mass is 9.81. The second-order valence-corrected chi connectivity index (χ2v) is 5.24. The van der Waals surface area contributed by atoms with Crippen molar-refractivity contribution in [3.05, 3.63) is 21.7 Å². The molecule has 0 aliphatic carbocycles. The number of methoxy groups -OCH3 is 1. The number of hydrogen-bond acceptors (Lipinski definition) is 3. The first-order chi connectivity index (χ1) is 7.77. The Morgan fingerprint density at radius 2 is 1.76 bits per heavy atom. The number of aromatic hydroxyl groups is 1. The van der Waals surface area contributed by atoms with Crippen LogP contribution in [0.2, 0.25) is 5.02 Å². The van der Waals surface area contributed by atoms with Crippen LogP contribution in [0, 0.1) is 13.8 Å². The highest BCUT2D eigenvalue weighted by Gasteiger charge is 2.30. The van der Waals surface area contributed by atoms with Crippen molar-refractivity contribution in [3.8, 4) is 11.5 Å². The highest BCUT2D eigenvalue weighted by molar-refractivity contribution is 6.32.